The lowest BCUT2D eigenvalue weighted by atomic mass is 10.2. The predicted molar refractivity (Wildman–Crippen MR) is 89.6 cm³/mol. The summed E-state index contributed by atoms with van der Waals surface area (Å²) in [5.74, 6) is -0.361. The Kier molecular flexibility index (Phi) is 4.16. The monoisotopic (exact) mass is 385 g/mol. The van der Waals surface area contributed by atoms with Crippen LogP contribution in [0.5, 0.6) is 5.88 Å². The van der Waals surface area contributed by atoms with Crippen LogP contribution in [0.15, 0.2) is 53.4 Å². The highest BCUT2D eigenvalue weighted by atomic mass is 35.5. The van der Waals surface area contributed by atoms with Crippen molar-refractivity contribution >= 4 is 50.3 Å². The van der Waals surface area contributed by atoms with E-state index < -0.39 is 16.2 Å². The lowest BCUT2D eigenvalue weighted by Crippen LogP contribution is -2.16. The Morgan fingerprint density at radius 3 is 2.42 bits per heavy atom. The van der Waals surface area contributed by atoms with E-state index in [1.807, 2.05) is 0 Å². The van der Waals surface area contributed by atoms with Gasteiger partial charge in [0.2, 0.25) is 5.88 Å². The van der Waals surface area contributed by atoms with Crippen LogP contribution in [0.1, 0.15) is 0 Å². The van der Waals surface area contributed by atoms with Crippen molar-refractivity contribution in [3.8, 4) is 5.88 Å². The van der Waals surface area contributed by atoms with Crippen molar-refractivity contribution in [2.45, 2.75) is 4.90 Å². The van der Waals surface area contributed by atoms with Gasteiger partial charge in [-0.25, -0.2) is 17.2 Å². The van der Waals surface area contributed by atoms with Crippen LogP contribution in [0.25, 0.3) is 10.9 Å². The molecule has 124 valence electrons. The van der Waals surface area contributed by atoms with Crippen LogP contribution in [-0.4, -0.2) is 23.7 Å². The molecule has 0 aliphatic heterocycles. The molecule has 0 bridgehead atoms. The Morgan fingerprint density at radius 2 is 1.75 bits per heavy atom. The first-order valence-corrected chi connectivity index (χ1v) is 8.71. The van der Waals surface area contributed by atoms with Crippen LogP contribution in [0, 0.1) is 0 Å². The Balaban J connectivity index is 2.32. The molecule has 0 aliphatic rings. The second-order valence-corrected chi connectivity index (χ2v) is 7.44. The number of aromatic nitrogens is 1. The SMILES string of the molecule is O=C(O)Oc1cc2cc(Cl)ccc2n1S(=O)(=O)c1cccc(Cl)c1. The summed E-state index contributed by atoms with van der Waals surface area (Å²) in [6.45, 7) is 0. The highest BCUT2D eigenvalue weighted by Gasteiger charge is 2.25. The van der Waals surface area contributed by atoms with Gasteiger partial charge in [-0.15, -0.1) is 0 Å². The molecule has 9 heteroatoms. The summed E-state index contributed by atoms with van der Waals surface area (Å²) < 4.78 is 31.3. The molecule has 1 aromatic heterocycles. The van der Waals surface area contributed by atoms with E-state index >= 15 is 0 Å². The summed E-state index contributed by atoms with van der Waals surface area (Å²) in [6.07, 6.45) is -1.63. The average Bonchev–Trinajstić information content (AvgIpc) is 2.83. The van der Waals surface area contributed by atoms with Gasteiger partial charge >= 0.3 is 6.16 Å². The van der Waals surface area contributed by atoms with Gasteiger partial charge in [0.05, 0.1) is 10.4 Å². The molecule has 0 atom stereocenters. The molecule has 0 spiro atoms. The number of benzene rings is 2. The van der Waals surface area contributed by atoms with Crippen molar-refractivity contribution in [1.82, 2.24) is 3.97 Å². The van der Waals surface area contributed by atoms with Gasteiger partial charge in [0.1, 0.15) is 0 Å². The minimum Gasteiger partial charge on any atom is -0.449 e. The fraction of sp³-hybridized carbons (Fsp3) is 0. The zero-order valence-electron chi connectivity index (χ0n) is 11.8. The third-order valence-corrected chi connectivity index (χ3v) is 5.39. The minimum absolute atomic E-state index is 0.0994. The van der Waals surface area contributed by atoms with Crippen molar-refractivity contribution < 1.29 is 23.1 Å². The van der Waals surface area contributed by atoms with E-state index in [1.54, 1.807) is 0 Å². The summed E-state index contributed by atoms with van der Waals surface area (Å²) in [6, 6.07) is 11.4. The highest BCUT2D eigenvalue weighted by Crippen LogP contribution is 2.32. The molecule has 0 fully saturated rings. The molecule has 24 heavy (non-hydrogen) atoms. The van der Waals surface area contributed by atoms with Crippen molar-refractivity contribution in [2.75, 3.05) is 0 Å². The summed E-state index contributed by atoms with van der Waals surface area (Å²) in [4.78, 5) is 10.8. The van der Waals surface area contributed by atoms with E-state index in [9.17, 15) is 13.2 Å². The Bertz CT molecular complexity index is 1060. The van der Waals surface area contributed by atoms with Crippen LogP contribution >= 0.6 is 23.2 Å². The van der Waals surface area contributed by atoms with Gasteiger partial charge in [0.25, 0.3) is 10.0 Å². The molecule has 0 saturated carbocycles. The van der Waals surface area contributed by atoms with Gasteiger partial charge in [-0.05, 0) is 36.4 Å². The first kappa shape index (κ1) is 16.6. The molecule has 6 nitrogen and oxygen atoms in total. The highest BCUT2D eigenvalue weighted by molar-refractivity contribution is 7.90. The summed E-state index contributed by atoms with van der Waals surface area (Å²) in [5, 5.41) is 9.90. The van der Waals surface area contributed by atoms with Crippen molar-refractivity contribution in [2.24, 2.45) is 0 Å². The predicted octanol–water partition coefficient (Wildman–Crippen LogP) is 4.24. The van der Waals surface area contributed by atoms with Gasteiger partial charge in [-0.1, -0.05) is 29.3 Å². The standard InChI is InChI=1S/C15H9Cl2NO5S/c16-10-2-1-3-12(8-10)24(21,22)18-13-5-4-11(17)6-9(13)7-14(18)23-15(19)20/h1-8H,(H,19,20). The largest absolute Gasteiger partial charge is 0.512 e. The topological polar surface area (TPSA) is 85.6 Å². The molecule has 0 amide bonds. The maximum atomic E-state index is 12.9. The van der Waals surface area contributed by atoms with Gasteiger partial charge in [0, 0.05) is 21.5 Å². The van der Waals surface area contributed by atoms with Gasteiger partial charge in [-0.2, -0.15) is 0 Å². The van der Waals surface area contributed by atoms with Crippen molar-refractivity contribution in [3.05, 3.63) is 58.6 Å². The number of fused-ring (bicyclic) bond motifs is 1. The Labute approximate surface area is 146 Å². The average molecular weight is 386 g/mol. The normalized spacial score (nSPS) is 11.6. The van der Waals surface area contributed by atoms with Crippen molar-refractivity contribution in [1.29, 1.82) is 0 Å². The molecule has 2 aromatic carbocycles. The number of halogens is 2. The first-order valence-electron chi connectivity index (χ1n) is 6.52. The lowest BCUT2D eigenvalue weighted by Gasteiger charge is -2.11. The quantitative estimate of drug-likeness (QED) is 0.681. The van der Waals surface area contributed by atoms with E-state index in [0.29, 0.717) is 10.4 Å². The Morgan fingerprint density at radius 1 is 1.04 bits per heavy atom. The van der Waals surface area contributed by atoms with E-state index in [4.69, 9.17) is 28.3 Å². The molecule has 0 unspecified atom stereocenters. The van der Waals surface area contributed by atoms with Gasteiger partial charge in [0.15, 0.2) is 0 Å². The number of ether oxygens (including phenoxy) is 1. The molecular formula is C15H9Cl2NO5S. The summed E-state index contributed by atoms with van der Waals surface area (Å²) in [7, 11) is -4.13. The molecular weight excluding hydrogens is 377 g/mol. The Hall–Kier alpha value is -2.22. The van der Waals surface area contributed by atoms with Crippen LogP contribution in [0.3, 0.4) is 0 Å². The number of nitrogens with zero attached hydrogens (tertiary/aromatic N) is 1. The van der Waals surface area contributed by atoms with E-state index in [-0.39, 0.29) is 21.3 Å². The summed E-state index contributed by atoms with van der Waals surface area (Å²) in [5.41, 5.74) is 0.232. The minimum atomic E-state index is -4.13. The number of rotatable bonds is 3. The zero-order valence-corrected chi connectivity index (χ0v) is 14.1. The fourth-order valence-electron chi connectivity index (χ4n) is 2.28. The third-order valence-electron chi connectivity index (χ3n) is 3.21. The second-order valence-electron chi connectivity index (χ2n) is 4.78. The third kappa shape index (κ3) is 2.93. The lowest BCUT2D eigenvalue weighted by molar-refractivity contribution is 0.142. The van der Waals surface area contributed by atoms with E-state index in [1.165, 1.54) is 48.5 Å². The number of carboxylic acid groups (broad SMARTS) is 1. The molecule has 0 saturated heterocycles. The van der Waals surface area contributed by atoms with Crippen LogP contribution < -0.4 is 4.74 Å². The van der Waals surface area contributed by atoms with Crippen LogP contribution in [-0.2, 0) is 10.0 Å². The molecule has 0 radical (unpaired) electrons. The molecule has 3 rings (SSSR count). The van der Waals surface area contributed by atoms with Gasteiger partial charge < -0.3 is 9.84 Å². The van der Waals surface area contributed by atoms with Crippen molar-refractivity contribution in [3.63, 3.8) is 0 Å². The second kappa shape index (κ2) is 6.01. The number of carbonyl (C=O) groups is 1. The van der Waals surface area contributed by atoms with Crippen LogP contribution in [0.2, 0.25) is 10.0 Å². The maximum absolute atomic E-state index is 12.9. The van der Waals surface area contributed by atoms with Crippen LogP contribution in [0.4, 0.5) is 4.79 Å². The smallest absolute Gasteiger partial charge is 0.449 e. The van der Waals surface area contributed by atoms with E-state index in [0.717, 1.165) is 3.97 Å². The fourth-order valence-corrected chi connectivity index (χ4v) is 4.20. The summed E-state index contributed by atoms with van der Waals surface area (Å²) >= 11 is 11.8. The molecule has 0 aliphatic carbocycles. The zero-order chi connectivity index (χ0) is 17.5. The molecule has 3 aromatic rings. The molecule has 1 heterocycles. The van der Waals surface area contributed by atoms with Gasteiger partial charge in [-0.3, -0.25) is 0 Å². The van der Waals surface area contributed by atoms with E-state index in [2.05, 4.69) is 4.74 Å². The molecule has 1 N–H and O–H groups in total. The maximum Gasteiger partial charge on any atom is 0.512 e. The first-order chi connectivity index (χ1) is 11.3. The number of hydrogen-bond acceptors (Lipinski definition) is 4. The number of hydrogen-bond donors (Lipinski definition) is 1.